The Morgan fingerprint density at radius 3 is 2.58 bits per heavy atom. The first kappa shape index (κ1) is 22.0. The molecule has 1 aromatic carbocycles. The number of benzene rings is 1. The first-order valence-electron chi connectivity index (χ1n) is 8.77. The van der Waals surface area contributed by atoms with Gasteiger partial charge in [0.05, 0.1) is 19.1 Å². The van der Waals surface area contributed by atoms with Crippen LogP contribution in [0.4, 0.5) is 4.79 Å². The molecule has 1 fully saturated rings. The molecule has 10 nitrogen and oxygen atoms in total. The van der Waals surface area contributed by atoms with Gasteiger partial charge < -0.3 is 23.7 Å². The number of rotatable bonds is 8. The fourth-order valence-corrected chi connectivity index (χ4v) is 3.43. The van der Waals surface area contributed by atoms with E-state index in [9.17, 15) is 19.2 Å². The second-order valence-electron chi connectivity index (χ2n) is 6.11. The molecule has 0 bridgehead atoms. The number of carboxylic acid groups (broad SMARTS) is 1. The fourth-order valence-electron chi connectivity index (χ4n) is 2.59. The summed E-state index contributed by atoms with van der Waals surface area (Å²) < 4.78 is 20.6. The van der Waals surface area contributed by atoms with Crippen LogP contribution in [0.5, 0.6) is 11.5 Å². The van der Waals surface area contributed by atoms with Gasteiger partial charge in [0, 0.05) is 0 Å². The predicted molar refractivity (Wildman–Crippen MR) is 108 cm³/mol. The molecule has 0 atom stereocenters. The monoisotopic (exact) mass is 447 g/mol. The average molecular weight is 447 g/mol. The van der Waals surface area contributed by atoms with E-state index in [1.165, 1.54) is 32.4 Å². The van der Waals surface area contributed by atoms with E-state index < -0.39 is 29.6 Å². The molecule has 0 aliphatic carbocycles. The van der Waals surface area contributed by atoms with Gasteiger partial charge in [-0.05, 0) is 47.7 Å². The number of furan rings is 1. The third-order valence-corrected chi connectivity index (χ3v) is 5.02. The summed E-state index contributed by atoms with van der Waals surface area (Å²) in [5.41, 5.74) is 0.568. The number of nitrogens with zero attached hydrogens (tertiary/aromatic N) is 1. The van der Waals surface area contributed by atoms with Gasteiger partial charge in [0.1, 0.15) is 18.9 Å². The summed E-state index contributed by atoms with van der Waals surface area (Å²) in [6.45, 7) is -0.472. The largest absolute Gasteiger partial charge is 0.493 e. The van der Waals surface area contributed by atoms with Crippen LogP contribution in [0.3, 0.4) is 0 Å². The lowest BCUT2D eigenvalue weighted by atomic mass is 10.2. The number of methoxy groups -OCH3 is 2. The zero-order chi connectivity index (χ0) is 22.5. The van der Waals surface area contributed by atoms with Crippen molar-refractivity contribution in [2.45, 2.75) is 6.61 Å². The second kappa shape index (κ2) is 9.39. The van der Waals surface area contributed by atoms with Crippen LogP contribution in [-0.2, 0) is 20.9 Å². The minimum atomic E-state index is -1.18. The summed E-state index contributed by atoms with van der Waals surface area (Å²) in [6.07, 6.45) is 1.50. The third kappa shape index (κ3) is 5.07. The van der Waals surface area contributed by atoms with Crippen LogP contribution in [0.25, 0.3) is 6.08 Å². The molecule has 1 aromatic heterocycles. The van der Waals surface area contributed by atoms with Crippen LogP contribution in [0.15, 0.2) is 39.7 Å². The number of imide groups is 1. The zero-order valence-electron chi connectivity index (χ0n) is 16.4. The molecule has 2 heterocycles. The number of ether oxygens (including phenoxy) is 3. The van der Waals surface area contributed by atoms with Crippen molar-refractivity contribution in [2.24, 2.45) is 0 Å². The molecule has 0 radical (unpaired) electrons. The van der Waals surface area contributed by atoms with Crippen molar-refractivity contribution >= 4 is 40.9 Å². The highest BCUT2D eigenvalue weighted by Gasteiger charge is 2.36. The molecule has 2 aromatic rings. The molecule has 1 N–H and O–H groups in total. The number of amides is 2. The summed E-state index contributed by atoms with van der Waals surface area (Å²) in [4.78, 5) is 47.6. The standard InChI is InChI=1S/C20H17NO9S/c1-27-15-7-11(8-16-18(23)21(20(26)31-16)9-17(22)28-2)3-5-13(15)29-10-12-4-6-14(30-12)19(24)25/h3-8H,9-10H2,1-2H3,(H,24,25). The number of hydrogen-bond donors (Lipinski definition) is 1. The van der Waals surface area contributed by atoms with Crippen molar-refractivity contribution in [3.8, 4) is 11.5 Å². The quantitative estimate of drug-likeness (QED) is 0.476. The average Bonchev–Trinajstić information content (AvgIpc) is 3.33. The molecule has 1 saturated heterocycles. The van der Waals surface area contributed by atoms with E-state index in [1.54, 1.807) is 18.2 Å². The van der Waals surface area contributed by atoms with E-state index in [2.05, 4.69) is 4.74 Å². The SMILES string of the molecule is COC(=O)CN1C(=O)SC(=Cc2ccc(OCc3ccc(C(=O)O)o3)c(OC)c2)C1=O. The third-order valence-electron chi connectivity index (χ3n) is 4.12. The molecule has 162 valence electrons. The fraction of sp³-hybridized carbons (Fsp3) is 0.200. The van der Waals surface area contributed by atoms with E-state index >= 15 is 0 Å². The van der Waals surface area contributed by atoms with Crippen LogP contribution in [0, 0.1) is 0 Å². The van der Waals surface area contributed by atoms with Crippen LogP contribution < -0.4 is 9.47 Å². The lowest BCUT2D eigenvalue weighted by molar-refractivity contribution is -0.143. The molecule has 1 aliphatic heterocycles. The Hall–Kier alpha value is -3.73. The van der Waals surface area contributed by atoms with Gasteiger partial charge in [-0.25, -0.2) is 4.79 Å². The van der Waals surface area contributed by atoms with Gasteiger partial charge in [-0.15, -0.1) is 0 Å². The van der Waals surface area contributed by atoms with E-state index in [0.717, 1.165) is 16.7 Å². The molecule has 11 heteroatoms. The maximum Gasteiger partial charge on any atom is 0.371 e. The Kier molecular flexibility index (Phi) is 6.65. The van der Waals surface area contributed by atoms with Gasteiger partial charge in [0.15, 0.2) is 11.5 Å². The minimum Gasteiger partial charge on any atom is -0.493 e. The van der Waals surface area contributed by atoms with Gasteiger partial charge in [-0.2, -0.15) is 0 Å². The highest BCUT2D eigenvalue weighted by atomic mass is 32.2. The van der Waals surface area contributed by atoms with Gasteiger partial charge in [-0.3, -0.25) is 19.3 Å². The second-order valence-corrected chi connectivity index (χ2v) is 7.11. The van der Waals surface area contributed by atoms with E-state index in [1.807, 2.05) is 0 Å². The summed E-state index contributed by atoms with van der Waals surface area (Å²) in [7, 11) is 2.61. The van der Waals surface area contributed by atoms with Gasteiger partial charge in [0.2, 0.25) is 5.76 Å². The van der Waals surface area contributed by atoms with Crippen LogP contribution in [0.2, 0.25) is 0 Å². The Balaban J connectivity index is 1.73. The van der Waals surface area contributed by atoms with Crippen molar-refractivity contribution in [2.75, 3.05) is 20.8 Å². The van der Waals surface area contributed by atoms with Gasteiger partial charge in [-0.1, -0.05) is 6.07 Å². The van der Waals surface area contributed by atoms with Crippen molar-refractivity contribution in [1.82, 2.24) is 4.90 Å². The van der Waals surface area contributed by atoms with E-state index in [-0.39, 0.29) is 17.3 Å². The molecule has 3 rings (SSSR count). The Morgan fingerprint density at radius 2 is 1.94 bits per heavy atom. The molecular formula is C20H17NO9S. The molecule has 0 spiro atoms. The highest BCUT2D eigenvalue weighted by molar-refractivity contribution is 8.18. The lowest BCUT2D eigenvalue weighted by Gasteiger charge is -2.11. The highest BCUT2D eigenvalue weighted by Crippen LogP contribution is 2.34. The molecule has 1 aliphatic rings. The van der Waals surface area contributed by atoms with Crippen molar-refractivity contribution in [3.05, 3.63) is 52.3 Å². The Labute approximate surface area is 180 Å². The summed E-state index contributed by atoms with van der Waals surface area (Å²) in [5, 5.41) is 8.33. The molecule has 2 amide bonds. The predicted octanol–water partition coefficient (Wildman–Crippen LogP) is 2.77. The Morgan fingerprint density at radius 1 is 1.16 bits per heavy atom. The first-order valence-corrected chi connectivity index (χ1v) is 9.59. The molecule has 31 heavy (non-hydrogen) atoms. The summed E-state index contributed by atoms with van der Waals surface area (Å²) >= 11 is 0.717. The van der Waals surface area contributed by atoms with Crippen molar-refractivity contribution in [1.29, 1.82) is 0 Å². The smallest absolute Gasteiger partial charge is 0.371 e. The number of carboxylic acids is 1. The minimum absolute atomic E-state index is 0.0184. The number of carbonyl (C=O) groups excluding carboxylic acids is 3. The van der Waals surface area contributed by atoms with E-state index in [0.29, 0.717) is 22.8 Å². The maximum atomic E-state index is 12.4. The van der Waals surface area contributed by atoms with Crippen molar-refractivity contribution in [3.63, 3.8) is 0 Å². The first-order chi connectivity index (χ1) is 14.8. The normalized spacial score (nSPS) is 14.8. The number of carbonyl (C=O) groups is 4. The Bertz CT molecular complexity index is 1070. The van der Waals surface area contributed by atoms with E-state index in [4.69, 9.17) is 19.0 Å². The molecule has 0 unspecified atom stereocenters. The van der Waals surface area contributed by atoms with Crippen LogP contribution >= 0.6 is 11.8 Å². The number of esters is 1. The number of thioether (sulfide) groups is 1. The van der Waals surface area contributed by atoms with Crippen LogP contribution in [-0.4, -0.2) is 53.9 Å². The summed E-state index contributed by atoms with van der Waals surface area (Å²) in [6, 6.07) is 7.68. The van der Waals surface area contributed by atoms with Crippen molar-refractivity contribution < 1.29 is 42.9 Å². The van der Waals surface area contributed by atoms with Gasteiger partial charge >= 0.3 is 11.9 Å². The summed E-state index contributed by atoms with van der Waals surface area (Å²) in [5.74, 6) is -1.61. The number of hydrogen-bond acceptors (Lipinski definition) is 9. The lowest BCUT2D eigenvalue weighted by Crippen LogP contribution is -2.34. The zero-order valence-corrected chi connectivity index (χ0v) is 17.3. The van der Waals surface area contributed by atoms with Crippen LogP contribution in [0.1, 0.15) is 21.9 Å². The number of aromatic carboxylic acids is 1. The molecular weight excluding hydrogens is 430 g/mol. The molecule has 0 saturated carbocycles. The van der Waals surface area contributed by atoms with Gasteiger partial charge in [0.25, 0.3) is 11.1 Å². The maximum absolute atomic E-state index is 12.4. The topological polar surface area (TPSA) is 133 Å².